The van der Waals surface area contributed by atoms with E-state index in [4.69, 9.17) is 0 Å². The van der Waals surface area contributed by atoms with Gasteiger partial charge in [0.05, 0.1) is 11.1 Å². The van der Waals surface area contributed by atoms with E-state index in [-0.39, 0.29) is 24.3 Å². The molecule has 5 nitrogen and oxygen atoms in total. The second-order valence-electron chi connectivity index (χ2n) is 8.43. The molecule has 0 bridgehead atoms. The van der Waals surface area contributed by atoms with Crippen molar-refractivity contribution < 1.29 is 18.4 Å². The highest BCUT2D eigenvalue weighted by Gasteiger charge is 2.38. The molecule has 2 unspecified atom stereocenters. The van der Waals surface area contributed by atoms with Crippen LogP contribution in [0, 0.1) is 5.92 Å². The van der Waals surface area contributed by atoms with E-state index in [1.165, 1.54) is 6.92 Å². The number of amides is 2. The number of carbonyl (C=O) groups is 2. The zero-order valence-electron chi connectivity index (χ0n) is 17.6. The molecule has 4 rings (SSSR count). The molecule has 1 aliphatic heterocycles. The molecule has 2 aliphatic rings. The summed E-state index contributed by atoms with van der Waals surface area (Å²) in [6.45, 7) is 1.92. The van der Waals surface area contributed by atoms with Gasteiger partial charge in [-0.1, -0.05) is 31.2 Å². The Morgan fingerprint density at radius 3 is 2.81 bits per heavy atom. The topological polar surface area (TPSA) is 71.1 Å². The van der Waals surface area contributed by atoms with Crippen LogP contribution < -0.4 is 10.6 Å². The summed E-state index contributed by atoms with van der Waals surface area (Å²) >= 11 is 0. The molecule has 0 spiro atoms. The lowest BCUT2D eigenvalue weighted by Gasteiger charge is -2.29. The summed E-state index contributed by atoms with van der Waals surface area (Å²) in [5, 5.41) is 6.51. The lowest BCUT2D eigenvalue weighted by Crippen LogP contribution is -2.38. The van der Waals surface area contributed by atoms with Gasteiger partial charge in [-0.15, -0.1) is 0 Å². The van der Waals surface area contributed by atoms with Crippen LogP contribution in [0.5, 0.6) is 0 Å². The standard InChI is InChI=1S/C24H27F2N3O2/c1-2-24(25,26)18-8-6-15(7-9-18)20-5-3-4-16-12-17(13-27-22(16)20)23(31)28-14-19-10-11-21(30)29-19/h3-6,12-13,18-19H,2,7-11,14H2,1H3,(H,28,31)(H,29,30). The summed E-state index contributed by atoms with van der Waals surface area (Å²) in [4.78, 5) is 28.3. The van der Waals surface area contributed by atoms with Gasteiger partial charge < -0.3 is 10.6 Å². The van der Waals surface area contributed by atoms with Crippen molar-refractivity contribution in [3.05, 3.63) is 47.7 Å². The van der Waals surface area contributed by atoms with Crippen LogP contribution >= 0.6 is 0 Å². The Hall–Kier alpha value is -2.83. The van der Waals surface area contributed by atoms with E-state index in [9.17, 15) is 18.4 Å². The number of allylic oxidation sites excluding steroid dienone is 2. The van der Waals surface area contributed by atoms with E-state index < -0.39 is 11.8 Å². The molecule has 1 aromatic heterocycles. The number of benzene rings is 1. The first-order valence-electron chi connectivity index (χ1n) is 10.9. The summed E-state index contributed by atoms with van der Waals surface area (Å²) in [5.74, 6) is -3.45. The highest BCUT2D eigenvalue weighted by molar-refractivity contribution is 5.99. The van der Waals surface area contributed by atoms with E-state index in [1.54, 1.807) is 12.3 Å². The van der Waals surface area contributed by atoms with Crippen molar-refractivity contribution >= 4 is 28.3 Å². The predicted octanol–water partition coefficient (Wildman–Crippen LogP) is 4.47. The second kappa shape index (κ2) is 8.73. The molecule has 2 aromatic rings. The fourth-order valence-electron chi connectivity index (χ4n) is 4.44. The van der Waals surface area contributed by atoms with Crippen LogP contribution in [0.4, 0.5) is 8.78 Å². The molecule has 31 heavy (non-hydrogen) atoms. The molecule has 1 aromatic carbocycles. The fourth-order valence-corrected chi connectivity index (χ4v) is 4.44. The van der Waals surface area contributed by atoms with Crippen molar-refractivity contribution in [2.45, 2.75) is 57.4 Å². The van der Waals surface area contributed by atoms with Crippen molar-refractivity contribution in [3.8, 4) is 0 Å². The van der Waals surface area contributed by atoms with Crippen molar-refractivity contribution in [3.63, 3.8) is 0 Å². The van der Waals surface area contributed by atoms with Crippen LogP contribution in [0.25, 0.3) is 16.5 Å². The zero-order chi connectivity index (χ0) is 22.0. The Kier molecular flexibility index (Phi) is 6.03. The van der Waals surface area contributed by atoms with E-state index in [1.807, 2.05) is 24.3 Å². The number of hydrogen-bond acceptors (Lipinski definition) is 3. The molecule has 2 atom stereocenters. The van der Waals surface area contributed by atoms with Gasteiger partial charge in [0.15, 0.2) is 0 Å². The maximum absolute atomic E-state index is 14.0. The third kappa shape index (κ3) is 4.60. The predicted molar refractivity (Wildman–Crippen MR) is 116 cm³/mol. The Morgan fingerprint density at radius 2 is 2.13 bits per heavy atom. The molecule has 1 saturated heterocycles. The Bertz CT molecular complexity index is 1030. The number of aromatic nitrogens is 1. The van der Waals surface area contributed by atoms with Crippen LogP contribution in [0.2, 0.25) is 0 Å². The molecule has 0 radical (unpaired) electrons. The van der Waals surface area contributed by atoms with Crippen molar-refractivity contribution in [1.82, 2.24) is 15.6 Å². The fraction of sp³-hybridized carbons (Fsp3) is 0.458. The Labute approximate surface area is 180 Å². The van der Waals surface area contributed by atoms with Crippen LogP contribution in [0.15, 0.2) is 36.5 Å². The van der Waals surface area contributed by atoms with E-state index >= 15 is 0 Å². The lowest BCUT2D eigenvalue weighted by atomic mass is 9.82. The number of alkyl halides is 2. The minimum absolute atomic E-state index is 0.0147. The van der Waals surface area contributed by atoms with Gasteiger partial charge in [0.1, 0.15) is 0 Å². The summed E-state index contributed by atoms with van der Waals surface area (Å²) in [6.07, 6.45) is 5.97. The van der Waals surface area contributed by atoms with Crippen molar-refractivity contribution in [2.24, 2.45) is 5.92 Å². The first kappa shape index (κ1) is 21.4. The minimum Gasteiger partial charge on any atom is -0.352 e. The van der Waals surface area contributed by atoms with Gasteiger partial charge in [-0.25, -0.2) is 8.78 Å². The third-order valence-corrected chi connectivity index (χ3v) is 6.39. The van der Waals surface area contributed by atoms with Crippen LogP contribution in [0.3, 0.4) is 0 Å². The van der Waals surface area contributed by atoms with Gasteiger partial charge in [-0.2, -0.15) is 0 Å². The number of nitrogens with zero attached hydrogens (tertiary/aromatic N) is 1. The first-order chi connectivity index (χ1) is 14.9. The number of fused-ring (bicyclic) bond motifs is 1. The molecular weight excluding hydrogens is 400 g/mol. The highest BCUT2D eigenvalue weighted by atomic mass is 19.3. The molecule has 164 valence electrons. The average Bonchev–Trinajstić information content (AvgIpc) is 3.21. The monoisotopic (exact) mass is 427 g/mol. The Morgan fingerprint density at radius 1 is 1.29 bits per heavy atom. The maximum atomic E-state index is 14.0. The van der Waals surface area contributed by atoms with Gasteiger partial charge in [0, 0.05) is 48.5 Å². The molecular formula is C24H27F2N3O2. The van der Waals surface area contributed by atoms with Gasteiger partial charge in [0.2, 0.25) is 5.91 Å². The van der Waals surface area contributed by atoms with E-state index in [0.717, 1.165) is 28.5 Å². The number of rotatable bonds is 6. The third-order valence-electron chi connectivity index (χ3n) is 6.39. The quantitative estimate of drug-likeness (QED) is 0.715. The largest absolute Gasteiger partial charge is 0.352 e. The summed E-state index contributed by atoms with van der Waals surface area (Å²) in [7, 11) is 0. The molecule has 1 aliphatic carbocycles. The van der Waals surface area contributed by atoms with Crippen molar-refractivity contribution in [1.29, 1.82) is 0 Å². The SMILES string of the molecule is CCC(F)(F)C1CC=C(c2cccc3cc(C(=O)NCC4CCC(=O)N4)cnc23)CC1. The molecule has 2 N–H and O–H groups in total. The van der Waals surface area contributed by atoms with Crippen molar-refractivity contribution in [2.75, 3.05) is 6.54 Å². The molecule has 7 heteroatoms. The number of halogens is 2. The molecule has 2 heterocycles. The zero-order valence-corrected chi connectivity index (χ0v) is 17.6. The number of pyridine rings is 1. The molecule has 0 saturated carbocycles. The number of hydrogen-bond donors (Lipinski definition) is 2. The summed E-state index contributed by atoms with van der Waals surface area (Å²) in [5.41, 5.74) is 3.20. The van der Waals surface area contributed by atoms with Crippen LogP contribution in [-0.4, -0.2) is 35.3 Å². The smallest absolute Gasteiger partial charge is 0.252 e. The lowest BCUT2D eigenvalue weighted by molar-refractivity contribution is -0.119. The van der Waals surface area contributed by atoms with E-state index in [2.05, 4.69) is 15.6 Å². The molecule has 1 fully saturated rings. The van der Waals surface area contributed by atoms with Gasteiger partial charge in [-0.3, -0.25) is 14.6 Å². The maximum Gasteiger partial charge on any atom is 0.252 e. The van der Waals surface area contributed by atoms with Gasteiger partial charge in [-0.05, 0) is 37.3 Å². The van der Waals surface area contributed by atoms with Crippen LogP contribution in [-0.2, 0) is 4.79 Å². The average molecular weight is 427 g/mol. The molecule has 2 amide bonds. The first-order valence-corrected chi connectivity index (χ1v) is 10.9. The second-order valence-corrected chi connectivity index (χ2v) is 8.43. The van der Waals surface area contributed by atoms with Gasteiger partial charge >= 0.3 is 0 Å². The Balaban J connectivity index is 1.49. The number of para-hydroxylation sites is 1. The number of carbonyl (C=O) groups excluding carboxylic acids is 2. The van der Waals surface area contributed by atoms with E-state index in [0.29, 0.717) is 37.8 Å². The van der Waals surface area contributed by atoms with Crippen LogP contribution in [0.1, 0.15) is 61.4 Å². The normalized spacial score (nSPS) is 21.6. The summed E-state index contributed by atoms with van der Waals surface area (Å²) in [6, 6.07) is 7.53. The number of nitrogens with one attached hydrogen (secondary N) is 2. The van der Waals surface area contributed by atoms with Gasteiger partial charge in [0.25, 0.3) is 11.8 Å². The summed E-state index contributed by atoms with van der Waals surface area (Å²) < 4.78 is 28.0. The highest BCUT2D eigenvalue weighted by Crippen LogP contribution is 2.41. The minimum atomic E-state index is -2.62.